The van der Waals surface area contributed by atoms with Crippen LogP contribution in [-0.2, 0) is 6.42 Å². The highest BCUT2D eigenvalue weighted by Crippen LogP contribution is 2.22. The number of rotatable bonds is 3. The van der Waals surface area contributed by atoms with Gasteiger partial charge >= 0.3 is 0 Å². The molecule has 0 aliphatic carbocycles. The molecule has 0 saturated heterocycles. The molecule has 17 heavy (non-hydrogen) atoms. The van der Waals surface area contributed by atoms with Gasteiger partial charge in [-0.3, -0.25) is 0 Å². The molecule has 0 bridgehead atoms. The summed E-state index contributed by atoms with van der Waals surface area (Å²) < 4.78 is 18.1. The van der Waals surface area contributed by atoms with Gasteiger partial charge in [-0.2, -0.15) is 4.98 Å². The Bertz CT molecular complexity index is 509. The summed E-state index contributed by atoms with van der Waals surface area (Å²) in [5, 5.41) is 4.03. The molecule has 1 unspecified atom stereocenters. The summed E-state index contributed by atoms with van der Waals surface area (Å²) in [4.78, 5) is 4.10. The normalized spacial score (nSPS) is 12.7. The van der Waals surface area contributed by atoms with Crippen LogP contribution in [0.5, 0.6) is 0 Å². The van der Waals surface area contributed by atoms with Gasteiger partial charge in [0.15, 0.2) is 5.82 Å². The van der Waals surface area contributed by atoms with Gasteiger partial charge in [-0.15, -0.1) is 0 Å². The minimum absolute atomic E-state index is 0.287. The third kappa shape index (κ3) is 2.62. The van der Waals surface area contributed by atoms with E-state index < -0.39 is 11.9 Å². The summed E-state index contributed by atoms with van der Waals surface area (Å²) in [5.74, 6) is 0.378. The summed E-state index contributed by atoms with van der Waals surface area (Å²) >= 11 is 5.75. The SMILES string of the molecule is CCc1nc(C(N)c2cc(F)cc(Cl)c2)no1. The van der Waals surface area contributed by atoms with E-state index in [1.54, 1.807) is 6.07 Å². The van der Waals surface area contributed by atoms with E-state index in [0.717, 1.165) is 0 Å². The summed E-state index contributed by atoms with van der Waals surface area (Å²) in [6.07, 6.45) is 0.629. The number of nitrogens with zero attached hydrogens (tertiary/aromatic N) is 2. The van der Waals surface area contributed by atoms with E-state index in [4.69, 9.17) is 21.9 Å². The third-order valence-corrected chi connectivity index (χ3v) is 2.53. The number of hydrogen-bond acceptors (Lipinski definition) is 4. The van der Waals surface area contributed by atoms with Crippen LogP contribution in [0.3, 0.4) is 0 Å². The second-order valence-corrected chi connectivity index (χ2v) is 4.02. The lowest BCUT2D eigenvalue weighted by Crippen LogP contribution is -2.14. The summed E-state index contributed by atoms with van der Waals surface area (Å²) in [7, 11) is 0. The summed E-state index contributed by atoms with van der Waals surface area (Å²) in [6, 6.07) is 3.45. The fraction of sp³-hybridized carbons (Fsp3) is 0.273. The standard InChI is InChI=1S/C11H11ClFN3O/c1-2-9-15-11(16-17-9)10(14)6-3-7(12)5-8(13)4-6/h3-5,10H,2,14H2,1H3. The average Bonchev–Trinajstić information content (AvgIpc) is 2.75. The van der Waals surface area contributed by atoms with Crippen molar-refractivity contribution in [3.8, 4) is 0 Å². The Labute approximate surface area is 103 Å². The quantitative estimate of drug-likeness (QED) is 0.915. The number of benzene rings is 1. The Hall–Kier alpha value is -1.46. The predicted molar refractivity (Wildman–Crippen MR) is 61.1 cm³/mol. The first-order valence-corrected chi connectivity index (χ1v) is 5.52. The summed E-state index contributed by atoms with van der Waals surface area (Å²) in [6.45, 7) is 1.89. The van der Waals surface area contributed by atoms with Gasteiger partial charge in [-0.05, 0) is 23.8 Å². The fourth-order valence-corrected chi connectivity index (χ4v) is 1.67. The van der Waals surface area contributed by atoms with Crippen LogP contribution in [-0.4, -0.2) is 10.1 Å². The molecular weight excluding hydrogens is 245 g/mol. The van der Waals surface area contributed by atoms with Gasteiger partial charge in [0.25, 0.3) is 0 Å². The van der Waals surface area contributed by atoms with E-state index in [9.17, 15) is 4.39 Å². The highest BCUT2D eigenvalue weighted by molar-refractivity contribution is 6.30. The first-order valence-electron chi connectivity index (χ1n) is 5.14. The van der Waals surface area contributed by atoms with Crippen LogP contribution in [0.25, 0.3) is 0 Å². The third-order valence-electron chi connectivity index (χ3n) is 2.31. The maximum absolute atomic E-state index is 13.2. The molecule has 1 atom stereocenters. The molecule has 6 heteroatoms. The monoisotopic (exact) mass is 255 g/mol. The molecule has 0 aliphatic rings. The Morgan fingerprint density at radius 2 is 2.24 bits per heavy atom. The van der Waals surface area contributed by atoms with Crippen molar-refractivity contribution in [3.63, 3.8) is 0 Å². The Morgan fingerprint density at radius 3 is 2.82 bits per heavy atom. The second-order valence-electron chi connectivity index (χ2n) is 3.58. The van der Waals surface area contributed by atoms with Crippen LogP contribution in [0.2, 0.25) is 5.02 Å². The first-order chi connectivity index (χ1) is 8.10. The van der Waals surface area contributed by atoms with Crippen molar-refractivity contribution in [2.75, 3.05) is 0 Å². The molecule has 4 nitrogen and oxygen atoms in total. The van der Waals surface area contributed by atoms with Gasteiger partial charge in [0.05, 0.1) is 6.04 Å². The lowest BCUT2D eigenvalue weighted by atomic mass is 10.1. The number of aryl methyl sites for hydroxylation is 1. The molecule has 1 aromatic carbocycles. The van der Waals surface area contributed by atoms with Gasteiger partial charge in [0, 0.05) is 11.4 Å². The van der Waals surface area contributed by atoms with Crippen molar-refractivity contribution in [1.82, 2.24) is 10.1 Å². The molecule has 2 N–H and O–H groups in total. The highest BCUT2D eigenvalue weighted by atomic mass is 35.5. The van der Waals surface area contributed by atoms with Crippen LogP contribution in [0, 0.1) is 5.82 Å². The maximum atomic E-state index is 13.2. The van der Waals surface area contributed by atoms with Crippen molar-refractivity contribution >= 4 is 11.6 Å². The van der Waals surface area contributed by atoms with Gasteiger partial charge in [0.1, 0.15) is 5.82 Å². The van der Waals surface area contributed by atoms with E-state index in [2.05, 4.69) is 10.1 Å². The molecule has 2 rings (SSSR count). The zero-order chi connectivity index (χ0) is 12.4. The molecule has 2 aromatic rings. The number of aromatic nitrogens is 2. The number of nitrogens with two attached hydrogens (primary N) is 1. The minimum Gasteiger partial charge on any atom is -0.339 e. The molecule has 0 amide bonds. The van der Waals surface area contributed by atoms with Crippen LogP contribution >= 0.6 is 11.6 Å². The molecule has 1 heterocycles. The van der Waals surface area contributed by atoms with E-state index in [1.165, 1.54) is 12.1 Å². The molecule has 0 aliphatic heterocycles. The van der Waals surface area contributed by atoms with Gasteiger partial charge in [-0.1, -0.05) is 23.7 Å². The number of halogens is 2. The summed E-state index contributed by atoms with van der Waals surface area (Å²) in [5.41, 5.74) is 6.42. The van der Waals surface area contributed by atoms with E-state index in [1.807, 2.05) is 6.92 Å². The Balaban J connectivity index is 2.32. The van der Waals surface area contributed by atoms with Crippen molar-refractivity contribution in [3.05, 3.63) is 46.3 Å². The Kier molecular flexibility index (Phi) is 3.40. The van der Waals surface area contributed by atoms with Crippen LogP contribution in [0.1, 0.15) is 30.2 Å². The van der Waals surface area contributed by atoms with Crippen molar-refractivity contribution in [1.29, 1.82) is 0 Å². The topological polar surface area (TPSA) is 64.9 Å². The van der Waals surface area contributed by atoms with Gasteiger partial charge < -0.3 is 10.3 Å². The molecular formula is C11H11ClFN3O. The predicted octanol–water partition coefficient (Wildman–Crippen LogP) is 2.47. The largest absolute Gasteiger partial charge is 0.339 e. The van der Waals surface area contributed by atoms with Crippen molar-refractivity contribution in [2.24, 2.45) is 5.73 Å². The second kappa shape index (κ2) is 4.81. The molecule has 0 saturated carbocycles. The minimum atomic E-state index is -0.646. The van der Waals surface area contributed by atoms with Crippen molar-refractivity contribution < 1.29 is 8.91 Å². The van der Waals surface area contributed by atoms with Gasteiger partial charge in [-0.25, -0.2) is 4.39 Å². The Morgan fingerprint density at radius 1 is 1.47 bits per heavy atom. The molecule has 0 spiro atoms. The average molecular weight is 256 g/mol. The van der Waals surface area contributed by atoms with Crippen LogP contribution < -0.4 is 5.73 Å². The number of hydrogen-bond donors (Lipinski definition) is 1. The molecule has 0 fully saturated rings. The lowest BCUT2D eigenvalue weighted by molar-refractivity contribution is 0.375. The van der Waals surface area contributed by atoms with E-state index in [0.29, 0.717) is 23.7 Å². The first kappa shape index (κ1) is 12.0. The molecule has 1 aromatic heterocycles. The molecule has 0 radical (unpaired) electrons. The van der Waals surface area contributed by atoms with Crippen LogP contribution in [0.15, 0.2) is 22.7 Å². The lowest BCUT2D eigenvalue weighted by Gasteiger charge is -2.07. The maximum Gasteiger partial charge on any atom is 0.226 e. The smallest absolute Gasteiger partial charge is 0.226 e. The fourth-order valence-electron chi connectivity index (χ4n) is 1.44. The van der Waals surface area contributed by atoms with E-state index >= 15 is 0 Å². The van der Waals surface area contributed by atoms with E-state index in [-0.39, 0.29) is 5.02 Å². The van der Waals surface area contributed by atoms with Crippen molar-refractivity contribution in [2.45, 2.75) is 19.4 Å². The zero-order valence-corrected chi connectivity index (χ0v) is 9.91. The highest BCUT2D eigenvalue weighted by Gasteiger charge is 2.16. The molecule has 90 valence electrons. The zero-order valence-electron chi connectivity index (χ0n) is 9.15. The van der Waals surface area contributed by atoms with Crippen LogP contribution in [0.4, 0.5) is 4.39 Å². The van der Waals surface area contributed by atoms with Gasteiger partial charge in [0.2, 0.25) is 5.89 Å².